The molecule has 7 heteroatoms. The summed E-state index contributed by atoms with van der Waals surface area (Å²) in [6.07, 6.45) is 8.18. The Morgan fingerprint density at radius 2 is 2.18 bits per heavy atom. The second-order valence-corrected chi connectivity index (χ2v) is 7.25. The van der Waals surface area contributed by atoms with Crippen molar-refractivity contribution in [2.24, 2.45) is 0 Å². The van der Waals surface area contributed by atoms with E-state index in [1.807, 2.05) is 10.9 Å². The number of likely N-dealkylation sites (tertiary alicyclic amines) is 1. The third kappa shape index (κ3) is 3.36. The summed E-state index contributed by atoms with van der Waals surface area (Å²) in [5.74, 6) is 0. The maximum Gasteiger partial charge on any atom is 0.0981 e. The second-order valence-electron chi connectivity index (χ2n) is 7.25. The molecule has 1 atom stereocenters. The van der Waals surface area contributed by atoms with Crippen LogP contribution >= 0.6 is 0 Å². The predicted molar refractivity (Wildman–Crippen MR) is 82.1 cm³/mol. The van der Waals surface area contributed by atoms with Crippen molar-refractivity contribution >= 4 is 0 Å². The van der Waals surface area contributed by atoms with Gasteiger partial charge in [0.15, 0.2) is 0 Å². The zero-order valence-electron chi connectivity index (χ0n) is 13.5. The smallest absolute Gasteiger partial charge is 0.0981 e. The van der Waals surface area contributed by atoms with E-state index in [4.69, 9.17) is 0 Å². The fraction of sp³-hybridized carbons (Fsp3) is 0.667. The standard InChI is InChI=1S/C15H24N6O/c1-14(2,3)21-10-13(8-17-21)9-19-6-4-15(22,11-19)12-20-7-5-16-18-20/h5,7-8,10,22H,4,6,9,11-12H2,1-3H3. The lowest BCUT2D eigenvalue weighted by molar-refractivity contribution is 0.0274. The van der Waals surface area contributed by atoms with Gasteiger partial charge in [-0.2, -0.15) is 5.10 Å². The van der Waals surface area contributed by atoms with Crippen LogP contribution < -0.4 is 0 Å². The maximum atomic E-state index is 10.7. The van der Waals surface area contributed by atoms with Gasteiger partial charge in [0.05, 0.1) is 30.1 Å². The highest BCUT2D eigenvalue weighted by atomic mass is 16.3. The first-order valence-corrected chi connectivity index (χ1v) is 7.67. The lowest BCUT2D eigenvalue weighted by Crippen LogP contribution is -2.37. The van der Waals surface area contributed by atoms with E-state index in [2.05, 4.69) is 47.3 Å². The van der Waals surface area contributed by atoms with Crippen molar-refractivity contribution in [3.05, 3.63) is 30.4 Å². The van der Waals surface area contributed by atoms with Gasteiger partial charge < -0.3 is 5.11 Å². The zero-order valence-corrected chi connectivity index (χ0v) is 13.5. The molecular formula is C15H24N6O. The quantitative estimate of drug-likeness (QED) is 0.907. The van der Waals surface area contributed by atoms with Gasteiger partial charge in [-0.25, -0.2) is 4.68 Å². The molecule has 0 radical (unpaired) electrons. The average Bonchev–Trinajstić information content (AvgIpc) is 3.11. The maximum absolute atomic E-state index is 10.7. The summed E-state index contributed by atoms with van der Waals surface area (Å²) in [5.41, 5.74) is 0.449. The summed E-state index contributed by atoms with van der Waals surface area (Å²) in [7, 11) is 0. The van der Waals surface area contributed by atoms with Crippen LogP contribution in [0, 0.1) is 0 Å². The molecule has 1 saturated heterocycles. The van der Waals surface area contributed by atoms with E-state index in [0.717, 1.165) is 19.5 Å². The first-order valence-electron chi connectivity index (χ1n) is 7.67. The molecule has 0 spiro atoms. The third-order valence-electron chi connectivity index (χ3n) is 4.07. The monoisotopic (exact) mass is 304 g/mol. The Bertz CT molecular complexity index is 614. The number of nitrogens with zero attached hydrogens (tertiary/aromatic N) is 6. The molecule has 0 saturated carbocycles. The Balaban J connectivity index is 1.60. The molecule has 22 heavy (non-hydrogen) atoms. The van der Waals surface area contributed by atoms with Gasteiger partial charge in [-0.15, -0.1) is 5.10 Å². The molecule has 2 aromatic rings. The number of aliphatic hydroxyl groups is 1. The van der Waals surface area contributed by atoms with Crippen molar-refractivity contribution in [1.82, 2.24) is 29.7 Å². The minimum atomic E-state index is -0.728. The minimum Gasteiger partial charge on any atom is -0.387 e. The second kappa shape index (κ2) is 5.48. The summed E-state index contributed by atoms with van der Waals surface area (Å²) >= 11 is 0. The molecule has 1 aliphatic heterocycles. The van der Waals surface area contributed by atoms with Crippen molar-refractivity contribution in [3.63, 3.8) is 0 Å². The van der Waals surface area contributed by atoms with Gasteiger partial charge in [0.25, 0.3) is 0 Å². The van der Waals surface area contributed by atoms with E-state index in [0.29, 0.717) is 13.1 Å². The van der Waals surface area contributed by atoms with E-state index >= 15 is 0 Å². The summed E-state index contributed by atoms with van der Waals surface area (Å²) in [4.78, 5) is 2.26. The van der Waals surface area contributed by atoms with Crippen molar-refractivity contribution in [3.8, 4) is 0 Å². The molecule has 2 aromatic heterocycles. The molecule has 1 aliphatic rings. The van der Waals surface area contributed by atoms with Crippen LogP contribution in [0.1, 0.15) is 32.8 Å². The number of β-amino-alcohol motifs (C(OH)–C–C–N with tert-alkyl or cyclic N) is 1. The number of hydrogen-bond donors (Lipinski definition) is 1. The number of hydrogen-bond acceptors (Lipinski definition) is 5. The molecule has 1 N–H and O–H groups in total. The van der Waals surface area contributed by atoms with E-state index in [-0.39, 0.29) is 5.54 Å². The molecule has 3 rings (SSSR count). The highest BCUT2D eigenvalue weighted by molar-refractivity contribution is 5.06. The fourth-order valence-corrected chi connectivity index (χ4v) is 2.89. The Labute approximate surface area is 130 Å². The van der Waals surface area contributed by atoms with Crippen molar-refractivity contribution in [1.29, 1.82) is 0 Å². The van der Waals surface area contributed by atoms with Crippen LogP contribution in [0.4, 0.5) is 0 Å². The molecule has 3 heterocycles. The summed E-state index contributed by atoms with van der Waals surface area (Å²) in [6, 6.07) is 0. The van der Waals surface area contributed by atoms with Gasteiger partial charge in [-0.05, 0) is 27.2 Å². The lowest BCUT2D eigenvalue weighted by Gasteiger charge is -2.23. The van der Waals surface area contributed by atoms with Crippen LogP contribution in [-0.2, 0) is 18.6 Å². The first kappa shape index (κ1) is 15.2. The van der Waals surface area contributed by atoms with Crippen LogP contribution in [0.3, 0.4) is 0 Å². The SMILES string of the molecule is CC(C)(C)n1cc(CN2CCC(O)(Cn3ccnn3)C2)cn1. The van der Waals surface area contributed by atoms with Gasteiger partial charge >= 0.3 is 0 Å². The van der Waals surface area contributed by atoms with Crippen LogP contribution in [0.25, 0.3) is 0 Å². The van der Waals surface area contributed by atoms with Gasteiger partial charge in [0.2, 0.25) is 0 Å². The van der Waals surface area contributed by atoms with Crippen molar-refractivity contribution in [2.75, 3.05) is 13.1 Å². The molecule has 120 valence electrons. The molecule has 1 unspecified atom stereocenters. The topological polar surface area (TPSA) is 72.0 Å². The number of rotatable bonds is 4. The van der Waals surface area contributed by atoms with E-state index < -0.39 is 5.60 Å². The van der Waals surface area contributed by atoms with Crippen molar-refractivity contribution in [2.45, 2.75) is 51.4 Å². The molecule has 1 fully saturated rings. The van der Waals surface area contributed by atoms with Crippen LogP contribution in [-0.4, -0.2) is 53.5 Å². The Hall–Kier alpha value is -1.73. The summed E-state index contributed by atoms with van der Waals surface area (Å²) < 4.78 is 3.68. The van der Waals surface area contributed by atoms with Crippen molar-refractivity contribution < 1.29 is 5.11 Å². The summed E-state index contributed by atoms with van der Waals surface area (Å²) in [6.45, 7) is 9.24. The molecular weight excluding hydrogens is 280 g/mol. The zero-order chi connectivity index (χ0) is 15.8. The highest BCUT2D eigenvalue weighted by Crippen LogP contribution is 2.24. The predicted octanol–water partition coefficient (Wildman–Crippen LogP) is 0.867. The summed E-state index contributed by atoms with van der Waals surface area (Å²) in [5, 5.41) is 22.9. The first-order chi connectivity index (χ1) is 10.3. The Morgan fingerprint density at radius 3 is 2.82 bits per heavy atom. The van der Waals surface area contributed by atoms with Crippen LogP contribution in [0.5, 0.6) is 0 Å². The van der Waals surface area contributed by atoms with Gasteiger partial charge in [-0.1, -0.05) is 5.21 Å². The lowest BCUT2D eigenvalue weighted by atomic mass is 10.0. The van der Waals surface area contributed by atoms with Gasteiger partial charge in [-0.3, -0.25) is 9.58 Å². The molecule has 0 aliphatic carbocycles. The molecule has 7 nitrogen and oxygen atoms in total. The number of aromatic nitrogens is 5. The van der Waals surface area contributed by atoms with E-state index in [9.17, 15) is 5.11 Å². The molecule has 0 bridgehead atoms. The minimum absolute atomic E-state index is 0.00289. The third-order valence-corrected chi connectivity index (χ3v) is 4.07. The van der Waals surface area contributed by atoms with Crippen LogP contribution in [0.15, 0.2) is 24.8 Å². The largest absolute Gasteiger partial charge is 0.387 e. The fourth-order valence-electron chi connectivity index (χ4n) is 2.89. The highest BCUT2D eigenvalue weighted by Gasteiger charge is 2.36. The van der Waals surface area contributed by atoms with E-state index in [1.165, 1.54) is 5.56 Å². The van der Waals surface area contributed by atoms with Crippen LogP contribution in [0.2, 0.25) is 0 Å². The Kier molecular flexibility index (Phi) is 3.78. The van der Waals surface area contributed by atoms with Gasteiger partial charge in [0.1, 0.15) is 0 Å². The Morgan fingerprint density at radius 1 is 1.36 bits per heavy atom. The normalized spacial score (nSPS) is 23.3. The molecule has 0 amide bonds. The average molecular weight is 304 g/mol. The molecule has 0 aromatic carbocycles. The van der Waals surface area contributed by atoms with E-state index in [1.54, 1.807) is 17.1 Å². The van der Waals surface area contributed by atoms with Gasteiger partial charge in [0, 0.05) is 37.6 Å².